The van der Waals surface area contributed by atoms with Crippen LogP contribution in [0.4, 0.5) is 0 Å². The molecular weight excluding hydrogens is 340 g/mol. The number of aromatic nitrogens is 2. The second-order valence-electron chi connectivity index (χ2n) is 7.23. The van der Waals surface area contributed by atoms with E-state index in [0.717, 1.165) is 30.7 Å². The molecule has 0 N–H and O–H groups in total. The summed E-state index contributed by atoms with van der Waals surface area (Å²) in [5.74, 6) is 1.15. The summed E-state index contributed by atoms with van der Waals surface area (Å²) >= 11 is 0. The van der Waals surface area contributed by atoms with E-state index in [1.807, 2.05) is 0 Å². The van der Waals surface area contributed by atoms with Crippen molar-refractivity contribution in [2.24, 2.45) is 0 Å². The predicted molar refractivity (Wildman–Crippen MR) is 117 cm³/mol. The summed E-state index contributed by atoms with van der Waals surface area (Å²) in [6.07, 6.45) is 1.93. The highest BCUT2D eigenvalue weighted by atomic mass is 15.1. The van der Waals surface area contributed by atoms with Crippen LogP contribution in [-0.2, 0) is 19.4 Å². The molecule has 1 aromatic heterocycles. The number of para-hydroxylation sites is 2. The summed E-state index contributed by atoms with van der Waals surface area (Å²) in [4.78, 5) is 4.97. The summed E-state index contributed by atoms with van der Waals surface area (Å²) in [6, 6.07) is 34.3. The lowest BCUT2D eigenvalue weighted by molar-refractivity contribution is 0.733. The van der Waals surface area contributed by atoms with Gasteiger partial charge in [0.05, 0.1) is 11.0 Å². The van der Waals surface area contributed by atoms with Crippen LogP contribution in [0.5, 0.6) is 0 Å². The van der Waals surface area contributed by atoms with Gasteiger partial charge < -0.3 is 4.57 Å². The summed E-state index contributed by atoms with van der Waals surface area (Å²) in [5.41, 5.74) is 4.97. The Hall–Kier alpha value is -3.39. The van der Waals surface area contributed by atoms with E-state index in [4.69, 9.17) is 4.98 Å². The van der Waals surface area contributed by atoms with Crippen LogP contribution in [0.25, 0.3) is 21.8 Å². The van der Waals surface area contributed by atoms with Gasteiger partial charge in [-0.05, 0) is 40.5 Å². The summed E-state index contributed by atoms with van der Waals surface area (Å²) in [5, 5.41) is 2.60. The Bertz CT molecular complexity index is 1230. The second kappa shape index (κ2) is 7.32. The maximum atomic E-state index is 4.97. The molecule has 0 unspecified atom stereocenters. The minimum absolute atomic E-state index is 0.839. The molecule has 28 heavy (non-hydrogen) atoms. The van der Waals surface area contributed by atoms with Crippen molar-refractivity contribution in [3.8, 4) is 0 Å². The predicted octanol–water partition coefficient (Wildman–Crippen LogP) is 6.02. The number of hydrogen-bond donors (Lipinski definition) is 0. The van der Waals surface area contributed by atoms with Crippen molar-refractivity contribution in [2.75, 3.05) is 0 Å². The molecule has 2 nitrogen and oxygen atoms in total. The van der Waals surface area contributed by atoms with E-state index in [0.29, 0.717) is 0 Å². The van der Waals surface area contributed by atoms with Crippen molar-refractivity contribution in [3.05, 3.63) is 114 Å². The molecule has 0 saturated heterocycles. The average Bonchev–Trinajstić information content (AvgIpc) is 3.11. The van der Waals surface area contributed by atoms with E-state index in [1.54, 1.807) is 0 Å². The minimum atomic E-state index is 0.839. The number of nitrogens with zero attached hydrogens (tertiary/aromatic N) is 2. The highest BCUT2D eigenvalue weighted by Crippen LogP contribution is 2.23. The van der Waals surface area contributed by atoms with Crippen LogP contribution in [-0.4, -0.2) is 9.55 Å². The quantitative estimate of drug-likeness (QED) is 0.374. The van der Waals surface area contributed by atoms with Crippen LogP contribution in [0.15, 0.2) is 97.1 Å². The first kappa shape index (κ1) is 16.8. The van der Waals surface area contributed by atoms with Crippen molar-refractivity contribution in [1.29, 1.82) is 0 Å². The molecule has 0 spiro atoms. The molecule has 0 amide bonds. The van der Waals surface area contributed by atoms with Gasteiger partial charge in [0.15, 0.2) is 0 Å². The van der Waals surface area contributed by atoms with E-state index < -0.39 is 0 Å². The number of fused-ring (bicyclic) bond motifs is 2. The molecule has 0 saturated carbocycles. The van der Waals surface area contributed by atoms with Crippen molar-refractivity contribution < 1.29 is 0 Å². The minimum Gasteiger partial charge on any atom is -0.323 e. The Labute approximate surface area is 165 Å². The molecule has 0 bridgehead atoms. The molecule has 0 fully saturated rings. The molecule has 0 aliphatic rings. The maximum Gasteiger partial charge on any atom is 0.110 e. The Balaban J connectivity index is 1.55. The van der Waals surface area contributed by atoms with Gasteiger partial charge in [0, 0.05) is 13.0 Å². The zero-order valence-corrected chi connectivity index (χ0v) is 15.8. The summed E-state index contributed by atoms with van der Waals surface area (Å²) in [6.45, 7) is 0.839. The van der Waals surface area contributed by atoms with Gasteiger partial charge >= 0.3 is 0 Å². The molecule has 0 aliphatic carbocycles. The first-order valence-corrected chi connectivity index (χ1v) is 9.83. The molecular formula is C26H22N2. The summed E-state index contributed by atoms with van der Waals surface area (Å²) in [7, 11) is 0. The molecule has 0 aliphatic heterocycles. The molecule has 0 atom stereocenters. The fraction of sp³-hybridized carbons (Fsp3) is 0.115. The fourth-order valence-electron chi connectivity index (χ4n) is 3.99. The van der Waals surface area contributed by atoms with Gasteiger partial charge in [0.1, 0.15) is 5.82 Å². The van der Waals surface area contributed by atoms with E-state index >= 15 is 0 Å². The smallest absolute Gasteiger partial charge is 0.110 e. The Morgan fingerprint density at radius 2 is 1.39 bits per heavy atom. The SMILES string of the molecule is c1ccc(CCc2nc3ccccc3n2Cc2cccc3ccccc23)cc1. The average molecular weight is 362 g/mol. The third kappa shape index (κ3) is 3.18. The van der Waals surface area contributed by atoms with Crippen LogP contribution >= 0.6 is 0 Å². The fourth-order valence-corrected chi connectivity index (χ4v) is 3.99. The topological polar surface area (TPSA) is 17.8 Å². The third-order valence-corrected chi connectivity index (χ3v) is 5.42. The number of rotatable bonds is 5. The zero-order chi connectivity index (χ0) is 18.8. The Morgan fingerprint density at radius 3 is 2.32 bits per heavy atom. The number of imidazole rings is 1. The van der Waals surface area contributed by atoms with E-state index in [2.05, 4.69) is 102 Å². The molecule has 2 heteroatoms. The molecule has 136 valence electrons. The van der Waals surface area contributed by atoms with Gasteiger partial charge in [0.25, 0.3) is 0 Å². The van der Waals surface area contributed by atoms with Crippen LogP contribution in [0.3, 0.4) is 0 Å². The highest BCUT2D eigenvalue weighted by Gasteiger charge is 2.12. The van der Waals surface area contributed by atoms with Gasteiger partial charge in [-0.2, -0.15) is 0 Å². The lowest BCUT2D eigenvalue weighted by atomic mass is 10.0. The number of benzene rings is 4. The van der Waals surface area contributed by atoms with Crippen LogP contribution in [0.1, 0.15) is 17.0 Å². The number of hydrogen-bond acceptors (Lipinski definition) is 1. The van der Waals surface area contributed by atoms with Crippen molar-refractivity contribution in [1.82, 2.24) is 9.55 Å². The first-order chi connectivity index (χ1) is 13.9. The monoisotopic (exact) mass is 362 g/mol. The Kier molecular flexibility index (Phi) is 4.38. The van der Waals surface area contributed by atoms with Crippen LogP contribution < -0.4 is 0 Å². The van der Waals surface area contributed by atoms with E-state index in [1.165, 1.54) is 27.4 Å². The van der Waals surface area contributed by atoms with Crippen LogP contribution in [0.2, 0.25) is 0 Å². The Morgan fingerprint density at radius 1 is 0.643 bits per heavy atom. The van der Waals surface area contributed by atoms with E-state index in [9.17, 15) is 0 Å². The van der Waals surface area contributed by atoms with Gasteiger partial charge in [-0.3, -0.25) is 0 Å². The second-order valence-corrected chi connectivity index (χ2v) is 7.23. The van der Waals surface area contributed by atoms with Gasteiger partial charge in [-0.1, -0.05) is 84.9 Å². The van der Waals surface area contributed by atoms with Gasteiger partial charge in [0.2, 0.25) is 0 Å². The lowest BCUT2D eigenvalue weighted by Crippen LogP contribution is -2.07. The molecule has 5 aromatic rings. The van der Waals surface area contributed by atoms with Crippen molar-refractivity contribution >= 4 is 21.8 Å². The van der Waals surface area contributed by atoms with E-state index in [-0.39, 0.29) is 0 Å². The number of aryl methyl sites for hydroxylation is 2. The first-order valence-electron chi connectivity index (χ1n) is 9.83. The molecule has 4 aromatic carbocycles. The van der Waals surface area contributed by atoms with Crippen LogP contribution in [0, 0.1) is 0 Å². The summed E-state index contributed by atoms with van der Waals surface area (Å²) < 4.78 is 2.39. The van der Waals surface area contributed by atoms with Crippen molar-refractivity contribution in [2.45, 2.75) is 19.4 Å². The largest absolute Gasteiger partial charge is 0.323 e. The maximum absolute atomic E-state index is 4.97. The van der Waals surface area contributed by atoms with Gasteiger partial charge in [-0.15, -0.1) is 0 Å². The third-order valence-electron chi connectivity index (χ3n) is 5.42. The highest BCUT2D eigenvalue weighted by molar-refractivity contribution is 5.86. The van der Waals surface area contributed by atoms with Gasteiger partial charge in [-0.25, -0.2) is 4.98 Å². The molecule has 1 heterocycles. The zero-order valence-electron chi connectivity index (χ0n) is 15.8. The molecule has 5 rings (SSSR count). The normalized spacial score (nSPS) is 11.3. The lowest BCUT2D eigenvalue weighted by Gasteiger charge is -2.12. The standard InChI is InChI=1S/C26H22N2/c1-2-9-20(10-3-1)17-18-26-27-24-15-6-7-16-25(24)28(26)19-22-13-8-12-21-11-4-5-14-23(21)22/h1-16H,17-19H2. The van der Waals surface area contributed by atoms with Crippen molar-refractivity contribution in [3.63, 3.8) is 0 Å². The molecule has 0 radical (unpaired) electrons.